The van der Waals surface area contributed by atoms with Gasteiger partial charge in [0.2, 0.25) is 0 Å². The molecule has 0 aliphatic rings. The smallest absolute Gasteiger partial charge is 0.128 e. The number of nitrogens with zero attached hydrogens (tertiary/aromatic N) is 2. The first kappa shape index (κ1) is 12.1. The number of aryl methyl sites for hydroxylation is 1. The molecule has 17 heavy (non-hydrogen) atoms. The molecule has 2 aromatic rings. The first-order valence-electron chi connectivity index (χ1n) is 5.55. The van der Waals surface area contributed by atoms with Crippen molar-refractivity contribution >= 4 is 21.7 Å². The van der Waals surface area contributed by atoms with Gasteiger partial charge in [0.05, 0.1) is 5.69 Å². The van der Waals surface area contributed by atoms with E-state index in [1.165, 1.54) is 5.56 Å². The van der Waals surface area contributed by atoms with Crippen LogP contribution in [0.4, 0.5) is 5.82 Å². The molecule has 2 rings (SSSR count). The first-order valence-corrected chi connectivity index (χ1v) is 6.34. The highest BCUT2D eigenvalue weighted by atomic mass is 79.9. The fourth-order valence-corrected chi connectivity index (χ4v) is 1.90. The van der Waals surface area contributed by atoms with Crippen LogP contribution in [0.5, 0.6) is 0 Å². The van der Waals surface area contributed by atoms with Crippen LogP contribution in [-0.2, 0) is 6.54 Å². The van der Waals surface area contributed by atoms with Crippen LogP contribution in [-0.4, -0.2) is 12.0 Å². The van der Waals surface area contributed by atoms with Crippen LogP contribution in [0.25, 0.3) is 0 Å². The van der Waals surface area contributed by atoms with Gasteiger partial charge in [0.1, 0.15) is 5.82 Å². The minimum absolute atomic E-state index is 0.870. The Morgan fingerprint density at radius 2 is 1.82 bits per heavy atom. The second-order valence-electron chi connectivity index (χ2n) is 4.08. The molecule has 0 spiro atoms. The molecule has 1 aromatic heterocycles. The maximum Gasteiger partial charge on any atom is 0.128 e. The van der Waals surface area contributed by atoms with Crippen LogP contribution in [0.15, 0.2) is 46.9 Å². The Labute approximate surface area is 110 Å². The normalized spacial score (nSPS) is 10.3. The zero-order valence-electron chi connectivity index (χ0n) is 10.0. The first-order chi connectivity index (χ1) is 8.16. The summed E-state index contributed by atoms with van der Waals surface area (Å²) in [4.78, 5) is 6.70. The monoisotopic (exact) mass is 290 g/mol. The van der Waals surface area contributed by atoms with Gasteiger partial charge in [-0.05, 0) is 40.5 Å². The average molecular weight is 291 g/mol. The molecule has 0 radical (unpaired) electrons. The molecule has 0 bridgehead atoms. The zero-order valence-corrected chi connectivity index (χ0v) is 11.6. The molecule has 1 aromatic carbocycles. The summed E-state index contributed by atoms with van der Waals surface area (Å²) in [7, 11) is 2.06. The number of halogens is 1. The molecule has 0 amide bonds. The fourth-order valence-electron chi connectivity index (χ4n) is 1.68. The standard InChI is InChI=1S/C14H15BrN2/c1-11-13(15)8-9-14(16-11)17(2)10-12-6-4-3-5-7-12/h3-9H,10H2,1-2H3. The molecule has 0 aliphatic heterocycles. The maximum absolute atomic E-state index is 4.55. The van der Waals surface area contributed by atoms with E-state index in [-0.39, 0.29) is 0 Å². The van der Waals surface area contributed by atoms with Crippen LogP contribution >= 0.6 is 15.9 Å². The van der Waals surface area contributed by atoms with Crippen LogP contribution in [0.3, 0.4) is 0 Å². The second-order valence-corrected chi connectivity index (χ2v) is 4.93. The molecule has 0 atom stereocenters. The van der Waals surface area contributed by atoms with Gasteiger partial charge in [0.25, 0.3) is 0 Å². The molecule has 0 saturated carbocycles. The van der Waals surface area contributed by atoms with Crippen LogP contribution < -0.4 is 4.90 Å². The lowest BCUT2D eigenvalue weighted by Gasteiger charge is -2.18. The number of hydrogen-bond donors (Lipinski definition) is 0. The van der Waals surface area contributed by atoms with Crippen LogP contribution in [0.2, 0.25) is 0 Å². The maximum atomic E-state index is 4.55. The summed E-state index contributed by atoms with van der Waals surface area (Å²) in [5.74, 6) is 0.995. The van der Waals surface area contributed by atoms with E-state index >= 15 is 0 Å². The Bertz CT molecular complexity index is 497. The summed E-state index contributed by atoms with van der Waals surface area (Å²) in [5, 5.41) is 0. The van der Waals surface area contributed by atoms with E-state index in [1.54, 1.807) is 0 Å². The van der Waals surface area contributed by atoms with Crippen molar-refractivity contribution < 1.29 is 0 Å². The largest absolute Gasteiger partial charge is 0.355 e. The molecular formula is C14H15BrN2. The van der Waals surface area contributed by atoms with Crippen molar-refractivity contribution in [1.29, 1.82) is 0 Å². The third-order valence-electron chi connectivity index (χ3n) is 2.66. The van der Waals surface area contributed by atoms with Gasteiger partial charge in [-0.2, -0.15) is 0 Å². The van der Waals surface area contributed by atoms with Crippen LogP contribution in [0.1, 0.15) is 11.3 Å². The van der Waals surface area contributed by atoms with Gasteiger partial charge >= 0.3 is 0 Å². The van der Waals surface area contributed by atoms with E-state index in [2.05, 4.69) is 57.1 Å². The number of anilines is 1. The summed E-state index contributed by atoms with van der Waals surface area (Å²) in [5.41, 5.74) is 2.31. The van der Waals surface area contributed by atoms with E-state index in [9.17, 15) is 0 Å². The summed E-state index contributed by atoms with van der Waals surface area (Å²) < 4.78 is 1.05. The summed E-state index contributed by atoms with van der Waals surface area (Å²) in [6.45, 7) is 2.87. The third kappa shape index (κ3) is 3.07. The van der Waals surface area contributed by atoms with E-state index in [0.29, 0.717) is 0 Å². The second kappa shape index (κ2) is 5.32. The highest BCUT2D eigenvalue weighted by molar-refractivity contribution is 9.10. The van der Waals surface area contributed by atoms with Gasteiger partial charge in [-0.15, -0.1) is 0 Å². The lowest BCUT2D eigenvalue weighted by atomic mass is 10.2. The number of pyridine rings is 1. The SMILES string of the molecule is Cc1nc(N(C)Cc2ccccc2)ccc1Br. The molecule has 0 unspecified atom stereocenters. The topological polar surface area (TPSA) is 16.1 Å². The molecule has 0 saturated heterocycles. The average Bonchev–Trinajstić information content (AvgIpc) is 2.34. The lowest BCUT2D eigenvalue weighted by molar-refractivity contribution is 0.891. The highest BCUT2D eigenvalue weighted by Gasteiger charge is 2.05. The summed E-state index contributed by atoms with van der Waals surface area (Å²) in [6.07, 6.45) is 0. The Balaban J connectivity index is 2.14. The van der Waals surface area contributed by atoms with Crippen molar-refractivity contribution in [3.8, 4) is 0 Å². The van der Waals surface area contributed by atoms with E-state index in [1.807, 2.05) is 25.1 Å². The molecule has 2 nitrogen and oxygen atoms in total. The zero-order chi connectivity index (χ0) is 12.3. The van der Waals surface area contributed by atoms with Crippen molar-refractivity contribution in [1.82, 2.24) is 4.98 Å². The number of aromatic nitrogens is 1. The van der Waals surface area contributed by atoms with Gasteiger partial charge in [-0.3, -0.25) is 0 Å². The van der Waals surface area contributed by atoms with Crippen molar-refractivity contribution in [2.75, 3.05) is 11.9 Å². The van der Waals surface area contributed by atoms with Crippen molar-refractivity contribution in [3.63, 3.8) is 0 Å². The summed E-state index contributed by atoms with van der Waals surface area (Å²) >= 11 is 3.46. The van der Waals surface area contributed by atoms with Crippen molar-refractivity contribution in [2.24, 2.45) is 0 Å². The summed E-state index contributed by atoms with van der Waals surface area (Å²) in [6, 6.07) is 14.5. The number of hydrogen-bond acceptors (Lipinski definition) is 2. The fraction of sp³-hybridized carbons (Fsp3) is 0.214. The predicted molar refractivity (Wildman–Crippen MR) is 75.2 cm³/mol. The van der Waals surface area contributed by atoms with Gasteiger partial charge in [-0.1, -0.05) is 30.3 Å². The predicted octanol–water partition coefficient (Wildman–Crippen LogP) is 3.79. The minimum atomic E-state index is 0.870. The third-order valence-corrected chi connectivity index (χ3v) is 3.50. The molecular weight excluding hydrogens is 276 g/mol. The highest BCUT2D eigenvalue weighted by Crippen LogP contribution is 2.19. The van der Waals surface area contributed by atoms with Crippen molar-refractivity contribution in [3.05, 3.63) is 58.2 Å². The van der Waals surface area contributed by atoms with Crippen molar-refractivity contribution in [2.45, 2.75) is 13.5 Å². The molecule has 3 heteroatoms. The Kier molecular flexibility index (Phi) is 3.79. The lowest BCUT2D eigenvalue weighted by Crippen LogP contribution is -2.17. The van der Waals surface area contributed by atoms with Gasteiger partial charge in [0.15, 0.2) is 0 Å². The van der Waals surface area contributed by atoms with E-state index < -0.39 is 0 Å². The van der Waals surface area contributed by atoms with Gasteiger partial charge in [0, 0.05) is 18.1 Å². The number of rotatable bonds is 3. The van der Waals surface area contributed by atoms with Crippen LogP contribution in [0, 0.1) is 6.92 Å². The molecule has 0 fully saturated rings. The Hall–Kier alpha value is -1.35. The molecule has 88 valence electrons. The Morgan fingerprint density at radius 3 is 2.47 bits per heavy atom. The molecule has 0 N–H and O–H groups in total. The van der Waals surface area contributed by atoms with E-state index in [4.69, 9.17) is 0 Å². The molecule has 0 aliphatic carbocycles. The van der Waals surface area contributed by atoms with Gasteiger partial charge in [-0.25, -0.2) is 4.98 Å². The quantitative estimate of drug-likeness (QED) is 0.855. The molecule has 1 heterocycles. The minimum Gasteiger partial charge on any atom is -0.355 e. The van der Waals surface area contributed by atoms with Gasteiger partial charge < -0.3 is 4.90 Å². The number of benzene rings is 1. The Morgan fingerprint density at radius 1 is 1.12 bits per heavy atom. The van der Waals surface area contributed by atoms with E-state index in [0.717, 1.165) is 22.5 Å².